The largest absolute Gasteiger partial charge is 0.497 e. The van der Waals surface area contributed by atoms with Crippen molar-refractivity contribution in [1.82, 2.24) is 4.57 Å². The van der Waals surface area contributed by atoms with Crippen molar-refractivity contribution in [2.75, 3.05) is 12.4 Å². The van der Waals surface area contributed by atoms with Crippen LogP contribution in [-0.2, 0) is 11.3 Å². The van der Waals surface area contributed by atoms with E-state index in [1.165, 1.54) is 12.8 Å². The monoisotopic (exact) mass is 385 g/mol. The third-order valence-electron chi connectivity index (χ3n) is 5.90. The highest BCUT2D eigenvalue weighted by molar-refractivity contribution is 5.96. The molecule has 0 unspecified atom stereocenters. The van der Waals surface area contributed by atoms with E-state index in [2.05, 4.69) is 16.0 Å². The number of carbonyl (C=O) groups is 1. The molecule has 2 saturated carbocycles. The third-order valence-corrected chi connectivity index (χ3v) is 5.90. The second-order valence-corrected chi connectivity index (χ2v) is 8.11. The van der Waals surface area contributed by atoms with Crippen molar-refractivity contribution in [3.05, 3.63) is 48.0 Å². The van der Waals surface area contributed by atoms with Gasteiger partial charge in [0.15, 0.2) is 0 Å². The Labute approximate surface area is 169 Å². The number of nitrogens with zero attached hydrogens (tertiary/aromatic N) is 2. The van der Waals surface area contributed by atoms with Gasteiger partial charge in [0.05, 0.1) is 23.9 Å². The van der Waals surface area contributed by atoms with Gasteiger partial charge < -0.3 is 14.6 Å². The van der Waals surface area contributed by atoms with E-state index in [0.717, 1.165) is 53.0 Å². The molecule has 1 amide bonds. The quantitative estimate of drug-likeness (QED) is 0.653. The molecule has 0 aliphatic heterocycles. The molecule has 1 heterocycles. The molecule has 0 saturated heterocycles. The highest BCUT2D eigenvalue weighted by Gasteiger charge is 2.30. The van der Waals surface area contributed by atoms with Crippen LogP contribution in [0.4, 0.5) is 5.69 Å². The predicted octanol–water partition coefficient (Wildman–Crippen LogP) is 4.95. The van der Waals surface area contributed by atoms with Crippen molar-refractivity contribution >= 4 is 22.5 Å². The minimum absolute atomic E-state index is 0.102. The summed E-state index contributed by atoms with van der Waals surface area (Å²) in [5, 5.41) is 13.9. The number of methoxy groups -OCH3 is 1. The maximum Gasteiger partial charge on any atom is 0.227 e. The van der Waals surface area contributed by atoms with E-state index in [0.29, 0.717) is 11.5 Å². The van der Waals surface area contributed by atoms with Gasteiger partial charge in [-0.3, -0.25) is 4.79 Å². The summed E-state index contributed by atoms with van der Waals surface area (Å²) in [6.07, 6.45) is 4.44. The van der Waals surface area contributed by atoms with Crippen LogP contribution in [0.2, 0.25) is 0 Å². The smallest absolute Gasteiger partial charge is 0.227 e. The Bertz CT molecular complexity index is 1130. The number of hydrogen-bond acceptors (Lipinski definition) is 3. The summed E-state index contributed by atoms with van der Waals surface area (Å²) in [6, 6.07) is 16.2. The number of nitriles is 1. The Hall–Kier alpha value is -3.26. The number of ether oxygens (including phenoxy) is 1. The van der Waals surface area contributed by atoms with Crippen molar-refractivity contribution in [3.63, 3.8) is 0 Å². The lowest BCUT2D eigenvalue weighted by molar-refractivity contribution is -0.117. The fourth-order valence-electron chi connectivity index (χ4n) is 3.92. The molecule has 0 radical (unpaired) electrons. The summed E-state index contributed by atoms with van der Waals surface area (Å²) < 4.78 is 7.70. The van der Waals surface area contributed by atoms with Gasteiger partial charge in [0.2, 0.25) is 5.91 Å². The van der Waals surface area contributed by atoms with Crippen LogP contribution in [0.5, 0.6) is 5.75 Å². The summed E-state index contributed by atoms with van der Waals surface area (Å²) in [7, 11) is 1.66. The molecule has 2 fully saturated rings. The Balaban J connectivity index is 1.59. The molecule has 5 heteroatoms. The fraction of sp³-hybridized carbons (Fsp3) is 0.333. The van der Waals surface area contributed by atoms with E-state index in [1.54, 1.807) is 7.11 Å². The van der Waals surface area contributed by atoms with Crippen molar-refractivity contribution in [1.29, 1.82) is 5.26 Å². The van der Waals surface area contributed by atoms with Crippen LogP contribution in [0.1, 0.15) is 31.2 Å². The second kappa shape index (κ2) is 6.97. The first-order chi connectivity index (χ1) is 14.2. The normalized spacial score (nSPS) is 15.9. The number of hydrogen-bond donors (Lipinski definition) is 1. The van der Waals surface area contributed by atoms with Gasteiger partial charge in [-0.1, -0.05) is 12.1 Å². The zero-order chi connectivity index (χ0) is 20.0. The molecule has 29 heavy (non-hydrogen) atoms. The average molecular weight is 385 g/mol. The molecule has 1 N–H and O–H groups in total. The summed E-state index contributed by atoms with van der Waals surface area (Å²) in [6.45, 7) is 0.904. The average Bonchev–Trinajstić information content (AvgIpc) is 3.66. The van der Waals surface area contributed by atoms with Crippen molar-refractivity contribution < 1.29 is 9.53 Å². The third kappa shape index (κ3) is 3.36. The Morgan fingerprint density at radius 3 is 2.55 bits per heavy atom. The van der Waals surface area contributed by atoms with E-state index in [-0.39, 0.29) is 11.8 Å². The van der Waals surface area contributed by atoms with Gasteiger partial charge in [-0.25, -0.2) is 0 Å². The number of anilines is 1. The van der Waals surface area contributed by atoms with Gasteiger partial charge in [0.25, 0.3) is 0 Å². The van der Waals surface area contributed by atoms with Crippen LogP contribution in [0.15, 0.2) is 42.5 Å². The van der Waals surface area contributed by atoms with Crippen molar-refractivity contribution in [2.45, 2.75) is 32.2 Å². The summed E-state index contributed by atoms with van der Waals surface area (Å²) in [4.78, 5) is 12.0. The van der Waals surface area contributed by atoms with Crippen LogP contribution in [-0.4, -0.2) is 17.6 Å². The maximum atomic E-state index is 12.0. The van der Waals surface area contributed by atoms with Gasteiger partial charge >= 0.3 is 0 Å². The summed E-state index contributed by atoms with van der Waals surface area (Å²) in [5.41, 5.74) is 4.46. The minimum atomic E-state index is 0.102. The number of amides is 1. The molecule has 5 rings (SSSR count). The minimum Gasteiger partial charge on any atom is -0.497 e. The van der Waals surface area contributed by atoms with Crippen molar-refractivity contribution in [2.24, 2.45) is 11.8 Å². The number of fused-ring (bicyclic) bond motifs is 1. The standard InChI is InChI=1S/C24H23N3O2/c1-29-19-10-11-20-21(13-25)23(27(22(20)12-19)14-15-2-3-15)16-6-8-18(9-7-16)26-24(28)17-4-5-17/h6-12,15,17H,2-5,14H2,1H3,(H,26,28). The van der Waals surface area contributed by atoms with Crippen LogP contribution in [0.3, 0.4) is 0 Å². The zero-order valence-electron chi connectivity index (χ0n) is 16.4. The first-order valence-electron chi connectivity index (χ1n) is 10.2. The molecule has 1 aromatic heterocycles. The van der Waals surface area contributed by atoms with E-state index in [9.17, 15) is 10.1 Å². The van der Waals surface area contributed by atoms with E-state index < -0.39 is 0 Å². The molecule has 146 valence electrons. The maximum absolute atomic E-state index is 12.0. The molecule has 2 aliphatic carbocycles. The first kappa shape index (κ1) is 17.8. The predicted molar refractivity (Wildman–Crippen MR) is 113 cm³/mol. The molecule has 2 aromatic carbocycles. The van der Waals surface area contributed by atoms with E-state index in [1.807, 2.05) is 42.5 Å². The lowest BCUT2D eigenvalue weighted by atomic mass is 10.1. The summed E-state index contributed by atoms with van der Waals surface area (Å²) >= 11 is 0. The SMILES string of the molecule is COc1ccc2c(C#N)c(-c3ccc(NC(=O)C4CC4)cc3)n(CC3CC3)c2c1. The number of benzene rings is 2. The molecule has 2 aliphatic rings. The Morgan fingerprint density at radius 2 is 1.93 bits per heavy atom. The van der Waals surface area contributed by atoms with Crippen LogP contribution in [0, 0.1) is 23.2 Å². The second-order valence-electron chi connectivity index (χ2n) is 8.11. The number of aromatic nitrogens is 1. The molecular formula is C24H23N3O2. The first-order valence-corrected chi connectivity index (χ1v) is 10.2. The van der Waals surface area contributed by atoms with Gasteiger partial charge in [-0.05, 0) is 61.4 Å². The number of nitrogens with one attached hydrogen (secondary N) is 1. The highest BCUT2D eigenvalue weighted by atomic mass is 16.5. The molecule has 0 spiro atoms. The van der Waals surface area contributed by atoms with Crippen LogP contribution in [0.25, 0.3) is 22.2 Å². The van der Waals surface area contributed by atoms with E-state index >= 15 is 0 Å². The van der Waals surface area contributed by atoms with Gasteiger partial charge in [0, 0.05) is 29.6 Å². The van der Waals surface area contributed by atoms with Gasteiger partial charge in [0.1, 0.15) is 11.8 Å². The van der Waals surface area contributed by atoms with Crippen molar-refractivity contribution in [3.8, 4) is 23.1 Å². The Morgan fingerprint density at radius 1 is 1.17 bits per heavy atom. The molecule has 5 nitrogen and oxygen atoms in total. The zero-order valence-corrected chi connectivity index (χ0v) is 16.4. The number of carbonyl (C=O) groups excluding carboxylic acids is 1. The topological polar surface area (TPSA) is 67.0 Å². The summed E-state index contributed by atoms with van der Waals surface area (Å²) in [5.74, 6) is 1.74. The lowest BCUT2D eigenvalue weighted by Crippen LogP contribution is -2.13. The van der Waals surface area contributed by atoms with Gasteiger partial charge in [-0.2, -0.15) is 5.26 Å². The van der Waals surface area contributed by atoms with Crippen LogP contribution < -0.4 is 10.1 Å². The molecular weight excluding hydrogens is 362 g/mol. The molecule has 0 atom stereocenters. The lowest BCUT2D eigenvalue weighted by Gasteiger charge is -2.12. The molecule has 0 bridgehead atoms. The highest BCUT2D eigenvalue weighted by Crippen LogP contribution is 2.39. The van der Waals surface area contributed by atoms with Crippen LogP contribution >= 0.6 is 0 Å². The number of rotatable bonds is 6. The Kier molecular flexibility index (Phi) is 4.28. The van der Waals surface area contributed by atoms with E-state index in [4.69, 9.17) is 4.74 Å². The fourth-order valence-corrected chi connectivity index (χ4v) is 3.92. The molecule has 3 aromatic rings. The van der Waals surface area contributed by atoms with Gasteiger partial charge in [-0.15, -0.1) is 0 Å².